The van der Waals surface area contributed by atoms with Crippen molar-refractivity contribution in [3.8, 4) is 5.75 Å². The lowest BCUT2D eigenvalue weighted by molar-refractivity contribution is 0.474. The molecule has 2 aromatic rings. The van der Waals surface area contributed by atoms with E-state index in [1.165, 1.54) is 27.1 Å². The Morgan fingerprint density at radius 1 is 1.05 bits per heavy atom. The van der Waals surface area contributed by atoms with E-state index in [1.54, 1.807) is 12.3 Å². The molecule has 0 fully saturated rings. The maximum absolute atomic E-state index is 9.68. The third-order valence-corrected chi connectivity index (χ3v) is 5.22. The topological polar surface area (TPSA) is 32.6 Å². The molecule has 0 aliphatic carbocycles. The number of nitrogens with zero attached hydrogens (tertiary/aromatic N) is 1. The van der Waals surface area contributed by atoms with Gasteiger partial charge in [0.15, 0.2) is 0 Å². The van der Waals surface area contributed by atoms with Crippen LogP contribution in [0.5, 0.6) is 5.75 Å². The molecule has 0 radical (unpaired) electrons. The summed E-state index contributed by atoms with van der Waals surface area (Å²) in [5, 5.41) is 9.68. The molecular weight excluding hydrogens is 290 g/mol. The average Bonchev–Trinajstić information content (AvgIpc) is 2.50. The van der Waals surface area contributed by atoms with Crippen molar-refractivity contribution in [1.82, 2.24) is 0 Å². The van der Waals surface area contributed by atoms with E-state index in [2.05, 4.69) is 38.8 Å². The maximum atomic E-state index is 9.68. The fourth-order valence-electron chi connectivity index (χ4n) is 2.36. The van der Waals surface area contributed by atoms with Gasteiger partial charge < -0.3 is 5.11 Å². The lowest BCUT2D eigenvalue weighted by Gasteiger charge is -2.14. The molecule has 0 bridgehead atoms. The minimum absolute atomic E-state index is 0.278. The van der Waals surface area contributed by atoms with E-state index in [4.69, 9.17) is 0 Å². The number of aryl methyl sites for hydroxylation is 2. The third-order valence-electron chi connectivity index (χ3n) is 3.93. The molecule has 0 spiro atoms. The molecule has 2 nitrogen and oxygen atoms in total. The summed E-state index contributed by atoms with van der Waals surface area (Å²) in [4.78, 5) is 5.80. The lowest BCUT2D eigenvalue weighted by Crippen LogP contribution is -1.96. The van der Waals surface area contributed by atoms with Crippen molar-refractivity contribution in [2.75, 3.05) is 12.3 Å². The van der Waals surface area contributed by atoms with Crippen molar-refractivity contribution < 1.29 is 5.11 Å². The van der Waals surface area contributed by atoms with Gasteiger partial charge in [0.05, 0.1) is 0 Å². The molecule has 2 aromatic carbocycles. The molecule has 0 saturated heterocycles. The van der Waals surface area contributed by atoms with E-state index in [0.29, 0.717) is 0 Å². The van der Waals surface area contributed by atoms with Gasteiger partial charge >= 0.3 is 0 Å². The largest absolute Gasteiger partial charge is 0.507 e. The summed E-state index contributed by atoms with van der Waals surface area (Å²) in [6.45, 7) is 9.46. The number of phenolic OH excluding ortho intramolecular Hbond substituents is 1. The van der Waals surface area contributed by atoms with Crippen LogP contribution < -0.4 is 0 Å². The van der Waals surface area contributed by atoms with Crippen LogP contribution in [0.3, 0.4) is 0 Å². The van der Waals surface area contributed by atoms with Crippen LogP contribution >= 0.6 is 11.8 Å². The van der Waals surface area contributed by atoms with Crippen LogP contribution in [-0.4, -0.2) is 23.6 Å². The quantitative estimate of drug-likeness (QED) is 0.487. The Bertz CT molecular complexity index is 666. The molecule has 0 atom stereocenters. The van der Waals surface area contributed by atoms with Gasteiger partial charge in [0.2, 0.25) is 0 Å². The number of hydrogen-bond acceptors (Lipinski definition) is 3. The molecule has 0 saturated carbocycles. The summed E-state index contributed by atoms with van der Waals surface area (Å²) in [5.41, 5.74) is 6.22. The van der Waals surface area contributed by atoms with Crippen molar-refractivity contribution in [3.63, 3.8) is 0 Å². The van der Waals surface area contributed by atoms with Gasteiger partial charge in [0.1, 0.15) is 5.75 Å². The van der Waals surface area contributed by atoms with Crippen LogP contribution in [0.4, 0.5) is 0 Å². The molecule has 0 aromatic heterocycles. The van der Waals surface area contributed by atoms with Gasteiger partial charge in [-0.3, -0.25) is 4.99 Å². The first-order valence-corrected chi connectivity index (χ1v) is 8.47. The van der Waals surface area contributed by atoms with Gasteiger partial charge in [-0.25, -0.2) is 0 Å². The SMILES string of the molecule is Cc1cc(C)c(C)c(SCCN=Cc2ccccc2O)c1C. The number of benzene rings is 2. The lowest BCUT2D eigenvalue weighted by atomic mass is 10.0. The maximum Gasteiger partial charge on any atom is 0.124 e. The van der Waals surface area contributed by atoms with E-state index in [1.807, 2.05) is 30.0 Å². The number of thioether (sulfide) groups is 1. The van der Waals surface area contributed by atoms with Gasteiger partial charge in [-0.15, -0.1) is 11.8 Å². The van der Waals surface area contributed by atoms with Gasteiger partial charge in [0.25, 0.3) is 0 Å². The third kappa shape index (κ3) is 3.92. The highest BCUT2D eigenvalue weighted by Gasteiger charge is 2.08. The Hall–Kier alpha value is -1.74. The van der Waals surface area contributed by atoms with E-state index < -0.39 is 0 Å². The zero-order valence-electron chi connectivity index (χ0n) is 13.7. The summed E-state index contributed by atoms with van der Waals surface area (Å²) in [6, 6.07) is 9.51. The van der Waals surface area contributed by atoms with Crippen molar-refractivity contribution in [3.05, 3.63) is 58.1 Å². The molecule has 116 valence electrons. The molecule has 0 heterocycles. The monoisotopic (exact) mass is 313 g/mol. The highest BCUT2D eigenvalue weighted by Crippen LogP contribution is 2.30. The molecule has 2 rings (SSSR count). The highest BCUT2D eigenvalue weighted by molar-refractivity contribution is 7.99. The van der Waals surface area contributed by atoms with Crippen LogP contribution in [0.2, 0.25) is 0 Å². The second-order valence-electron chi connectivity index (χ2n) is 5.53. The number of aromatic hydroxyl groups is 1. The number of aliphatic imine (C=N–C) groups is 1. The summed E-state index contributed by atoms with van der Waals surface area (Å²) in [5.74, 6) is 1.22. The van der Waals surface area contributed by atoms with E-state index in [0.717, 1.165) is 17.9 Å². The van der Waals surface area contributed by atoms with Gasteiger partial charge in [0, 0.05) is 29.0 Å². The Labute approximate surface area is 137 Å². The highest BCUT2D eigenvalue weighted by atomic mass is 32.2. The summed E-state index contributed by atoms with van der Waals surface area (Å²) >= 11 is 1.87. The van der Waals surface area contributed by atoms with E-state index in [9.17, 15) is 5.11 Å². The molecule has 1 N–H and O–H groups in total. The summed E-state index contributed by atoms with van der Waals surface area (Å²) in [6.07, 6.45) is 1.75. The van der Waals surface area contributed by atoms with Crippen LogP contribution in [0.15, 0.2) is 40.2 Å². The summed E-state index contributed by atoms with van der Waals surface area (Å²) < 4.78 is 0. The molecular formula is C19H23NOS. The first-order valence-electron chi connectivity index (χ1n) is 7.48. The zero-order chi connectivity index (χ0) is 16.1. The van der Waals surface area contributed by atoms with Crippen molar-refractivity contribution in [2.24, 2.45) is 4.99 Å². The second-order valence-corrected chi connectivity index (χ2v) is 6.64. The van der Waals surface area contributed by atoms with Crippen LogP contribution in [0, 0.1) is 27.7 Å². The van der Waals surface area contributed by atoms with E-state index >= 15 is 0 Å². The first-order chi connectivity index (χ1) is 10.5. The van der Waals surface area contributed by atoms with Crippen molar-refractivity contribution >= 4 is 18.0 Å². The zero-order valence-corrected chi connectivity index (χ0v) is 14.5. The fourth-order valence-corrected chi connectivity index (χ4v) is 3.51. The smallest absolute Gasteiger partial charge is 0.124 e. The second kappa shape index (κ2) is 7.50. The predicted octanol–water partition coefficient (Wildman–Crippen LogP) is 4.84. The Morgan fingerprint density at radius 3 is 2.32 bits per heavy atom. The van der Waals surface area contributed by atoms with Crippen molar-refractivity contribution in [1.29, 1.82) is 0 Å². The van der Waals surface area contributed by atoms with Crippen LogP contribution in [0.1, 0.15) is 27.8 Å². The minimum Gasteiger partial charge on any atom is -0.507 e. The molecule has 3 heteroatoms. The van der Waals surface area contributed by atoms with Crippen LogP contribution in [-0.2, 0) is 0 Å². The van der Waals surface area contributed by atoms with Crippen LogP contribution in [0.25, 0.3) is 0 Å². The molecule has 0 unspecified atom stereocenters. The summed E-state index contributed by atoms with van der Waals surface area (Å²) in [7, 11) is 0. The number of rotatable bonds is 5. The Morgan fingerprint density at radius 2 is 1.68 bits per heavy atom. The van der Waals surface area contributed by atoms with Gasteiger partial charge in [-0.1, -0.05) is 18.2 Å². The normalized spacial score (nSPS) is 11.3. The Kier molecular flexibility index (Phi) is 5.67. The van der Waals surface area contributed by atoms with Gasteiger partial charge in [-0.2, -0.15) is 0 Å². The first kappa shape index (κ1) is 16.6. The number of hydrogen-bond donors (Lipinski definition) is 1. The average molecular weight is 313 g/mol. The number of para-hydroxylation sites is 1. The molecule has 0 amide bonds. The molecule has 0 aliphatic heterocycles. The molecule has 22 heavy (non-hydrogen) atoms. The Balaban J connectivity index is 1.96. The standard InChI is InChI=1S/C19H23NOS/c1-13-11-14(2)16(4)19(15(13)3)22-10-9-20-12-17-7-5-6-8-18(17)21/h5-8,11-12,21H,9-10H2,1-4H3. The molecule has 0 aliphatic rings. The van der Waals surface area contributed by atoms with Crippen molar-refractivity contribution in [2.45, 2.75) is 32.6 Å². The predicted molar refractivity (Wildman–Crippen MR) is 96.7 cm³/mol. The number of phenols is 1. The fraction of sp³-hybridized carbons (Fsp3) is 0.316. The minimum atomic E-state index is 0.278. The van der Waals surface area contributed by atoms with Gasteiger partial charge in [-0.05, 0) is 62.1 Å². The van der Waals surface area contributed by atoms with E-state index in [-0.39, 0.29) is 5.75 Å².